The summed E-state index contributed by atoms with van der Waals surface area (Å²) in [6, 6.07) is 16.2. The predicted octanol–water partition coefficient (Wildman–Crippen LogP) is 3.58. The summed E-state index contributed by atoms with van der Waals surface area (Å²) in [6.45, 7) is 2.77. The van der Waals surface area contributed by atoms with E-state index in [1.807, 2.05) is 48.8 Å². The molecular weight excluding hydrogens is 298 g/mol. The van der Waals surface area contributed by atoms with E-state index in [1.165, 1.54) is 5.56 Å². The van der Waals surface area contributed by atoms with Crippen LogP contribution in [0.4, 0.5) is 0 Å². The van der Waals surface area contributed by atoms with Crippen molar-refractivity contribution in [3.63, 3.8) is 0 Å². The lowest BCUT2D eigenvalue weighted by Gasteiger charge is -2.12. The van der Waals surface area contributed by atoms with Gasteiger partial charge in [-0.1, -0.05) is 43.3 Å². The lowest BCUT2D eigenvalue weighted by Crippen LogP contribution is -2.26. The van der Waals surface area contributed by atoms with Gasteiger partial charge in [0, 0.05) is 25.6 Å². The van der Waals surface area contributed by atoms with Crippen LogP contribution in [0.5, 0.6) is 0 Å². The first kappa shape index (κ1) is 16.2. The van der Waals surface area contributed by atoms with Gasteiger partial charge in [-0.3, -0.25) is 4.79 Å². The molecule has 2 heterocycles. The number of nitrogens with one attached hydrogen (secondary N) is 1. The largest absolute Gasteiger partial charge is 0.356 e. The van der Waals surface area contributed by atoms with Crippen molar-refractivity contribution in [3.8, 4) is 0 Å². The highest BCUT2D eigenvalue weighted by Gasteiger charge is 2.10. The highest BCUT2D eigenvalue weighted by molar-refractivity contribution is 5.76. The average molecular weight is 321 g/mol. The van der Waals surface area contributed by atoms with Gasteiger partial charge in [-0.05, 0) is 30.0 Å². The number of pyridine rings is 1. The molecule has 4 nitrogen and oxygen atoms in total. The molecule has 3 rings (SSSR count). The molecular formula is C20H23N3O. The van der Waals surface area contributed by atoms with E-state index >= 15 is 0 Å². The van der Waals surface area contributed by atoms with E-state index in [2.05, 4.69) is 33.8 Å². The summed E-state index contributed by atoms with van der Waals surface area (Å²) in [7, 11) is 0. The first-order chi connectivity index (χ1) is 11.7. The molecule has 24 heavy (non-hydrogen) atoms. The van der Waals surface area contributed by atoms with Crippen LogP contribution in [-0.2, 0) is 11.2 Å². The number of imidazole rings is 1. The summed E-state index contributed by atoms with van der Waals surface area (Å²) in [5.41, 5.74) is 2.31. The van der Waals surface area contributed by atoms with Crippen molar-refractivity contribution < 1.29 is 4.79 Å². The molecule has 1 atom stereocenters. The zero-order valence-electron chi connectivity index (χ0n) is 14.0. The van der Waals surface area contributed by atoms with Gasteiger partial charge in [-0.2, -0.15) is 0 Å². The molecule has 4 heteroatoms. The van der Waals surface area contributed by atoms with Gasteiger partial charge >= 0.3 is 0 Å². The van der Waals surface area contributed by atoms with Crippen molar-refractivity contribution in [2.75, 3.05) is 6.54 Å². The predicted molar refractivity (Wildman–Crippen MR) is 96.0 cm³/mol. The molecule has 3 aromatic rings. The number of rotatable bonds is 7. The van der Waals surface area contributed by atoms with Crippen LogP contribution in [0.2, 0.25) is 0 Å². The summed E-state index contributed by atoms with van der Waals surface area (Å²) in [4.78, 5) is 16.5. The maximum Gasteiger partial charge on any atom is 0.220 e. The molecule has 0 bridgehead atoms. The van der Waals surface area contributed by atoms with Gasteiger partial charge in [-0.25, -0.2) is 4.98 Å². The minimum atomic E-state index is 0.110. The monoisotopic (exact) mass is 321 g/mol. The molecule has 2 aromatic heterocycles. The molecule has 0 fully saturated rings. The van der Waals surface area contributed by atoms with Gasteiger partial charge in [0.25, 0.3) is 0 Å². The number of hydrogen-bond acceptors (Lipinski definition) is 2. The molecule has 124 valence electrons. The molecule has 1 N–H and O–H groups in total. The van der Waals surface area contributed by atoms with Crippen LogP contribution in [0.3, 0.4) is 0 Å². The number of hydrogen-bond donors (Lipinski definition) is 1. The minimum absolute atomic E-state index is 0.110. The lowest BCUT2D eigenvalue weighted by atomic mass is 9.97. The minimum Gasteiger partial charge on any atom is -0.356 e. The molecule has 0 spiro atoms. The summed E-state index contributed by atoms with van der Waals surface area (Å²) < 4.78 is 2.10. The van der Waals surface area contributed by atoms with Crippen LogP contribution < -0.4 is 5.32 Å². The zero-order chi connectivity index (χ0) is 16.8. The van der Waals surface area contributed by atoms with Crippen molar-refractivity contribution in [3.05, 3.63) is 72.3 Å². The summed E-state index contributed by atoms with van der Waals surface area (Å²) >= 11 is 0. The molecule has 0 aliphatic rings. The number of aromatic nitrogens is 2. The van der Waals surface area contributed by atoms with Crippen LogP contribution in [-0.4, -0.2) is 21.8 Å². The van der Waals surface area contributed by atoms with Crippen LogP contribution >= 0.6 is 0 Å². The fraction of sp³-hybridized carbons (Fsp3) is 0.300. The van der Waals surface area contributed by atoms with E-state index in [1.54, 1.807) is 0 Å². The topological polar surface area (TPSA) is 46.4 Å². The smallest absolute Gasteiger partial charge is 0.220 e. The molecule has 0 aliphatic heterocycles. The number of carbonyl (C=O) groups excluding carboxylic acids is 1. The van der Waals surface area contributed by atoms with Crippen LogP contribution in [0.15, 0.2) is 60.9 Å². The van der Waals surface area contributed by atoms with E-state index < -0.39 is 0 Å². The first-order valence-electron chi connectivity index (χ1n) is 8.46. The van der Waals surface area contributed by atoms with Crippen LogP contribution in [0.25, 0.3) is 5.52 Å². The normalized spacial score (nSPS) is 12.2. The van der Waals surface area contributed by atoms with E-state index in [-0.39, 0.29) is 11.8 Å². The van der Waals surface area contributed by atoms with E-state index in [0.717, 1.165) is 24.2 Å². The first-order valence-corrected chi connectivity index (χ1v) is 8.46. The van der Waals surface area contributed by atoms with Gasteiger partial charge in [0.15, 0.2) is 0 Å². The second kappa shape index (κ2) is 7.77. The van der Waals surface area contributed by atoms with Crippen molar-refractivity contribution in [2.24, 2.45) is 0 Å². The molecule has 0 saturated carbocycles. The van der Waals surface area contributed by atoms with Crippen molar-refractivity contribution in [1.29, 1.82) is 0 Å². The molecule has 0 aliphatic carbocycles. The van der Waals surface area contributed by atoms with Gasteiger partial charge in [0.2, 0.25) is 5.91 Å². The third kappa shape index (κ3) is 4.02. The lowest BCUT2D eigenvalue weighted by molar-refractivity contribution is -0.121. The quantitative estimate of drug-likeness (QED) is 0.676. The molecule has 1 amide bonds. The van der Waals surface area contributed by atoms with E-state index in [9.17, 15) is 4.79 Å². The van der Waals surface area contributed by atoms with Crippen LogP contribution in [0, 0.1) is 0 Å². The number of carbonyl (C=O) groups is 1. The Bertz CT molecular complexity index is 795. The highest BCUT2D eigenvalue weighted by Crippen LogP contribution is 2.18. The second-order valence-corrected chi connectivity index (χ2v) is 6.14. The maximum absolute atomic E-state index is 12.1. The van der Waals surface area contributed by atoms with E-state index in [0.29, 0.717) is 13.0 Å². The Morgan fingerprint density at radius 2 is 1.96 bits per heavy atom. The van der Waals surface area contributed by atoms with Gasteiger partial charge in [0.05, 0.1) is 11.7 Å². The molecule has 0 radical (unpaired) electrons. The maximum atomic E-state index is 12.1. The van der Waals surface area contributed by atoms with Gasteiger partial charge in [-0.15, -0.1) is 0 Å². The van der Waals surface area contributed by atoms with Crippen molar-refractivity contribution in [1.82, 2.24) is 14.7 Å². The number of benzene rings is 1. The summed E-state index contributed by atoms with van der Waals surface area (Å²) in [5.74, 6) is 1.39. The highest BCUT2D eigenvalue weighted by atomic mass is 16.1. The Hall–Kier alpha value is -2.62. The molecule has 0 saturated heterocycles. The van der Waals surface area contributed by atoms with E-state index in [4.69, 9.17) is 0 Å². The number of fused-ring (bicyclic) bond motifs is 1. The van der Waals surface area contributed by atoms with Crippen molar-refractivity contribution in [2.45, 2.75) is 32.1 Å². The number of aryl methyl sites for hydroxylation is 1. The fourth-order valence-corrected chi connectivity index (χ4v) is 2.91. The fourth-order valence-electron chi connectivity index (χ4n) is 2.91. The summed E-state index contributed by atoms with van der Waals surface area (Å²) in [5, 5.41) is 3.02. The Balaban J connectivity index is 1.42. The Labute approximate surface area is 142 Å². The summed E-state index contributed by atoms with van der Waals surface area (Å²) in [6.07, 6.45) is 6.18. The Morgan fingerprint density at radius 3 is 2.79 bits per heavy atom. The average Bonchev–Trinajstić information content (AvgIpc) is 3.03. The van der Waals surface area contributed by atoms with Crippen molar-refractivity contribution >= 4 is 11.4 Å². The third-order valence-corrected chi connectivity index (χ3v) is 4.27. The third-order valence-electron chi connectivity index (χ3n) is 4.27. The van der Waals surface area contributed by atoms with Gasteiger partial charge in [0.1, 0.15) is 5.82 Å². The SMILES string of the molecule is CC(CC(=O)NCCCc1ncc2ccccn12)c1ccccc1. The Morgan fingerprint density at radius 1 is 1.17 bits per heavy atom. The number of amides is 1. The molecule has 1 aromatic carbocycles. The standard InChI is InChI=1S/C20H23N3O/c1-16(17-8-3-2-4-9-17)14-20(24)21-12-7-11-19-22-15-18-10-5-6-13-23(18)19/h2-6,8-10,13,15-16H,7,11-12,14H2,1H3,(H,21,24). The Kier molecular flexibility index (Phi) is 5.26. The number of nitrogens with zero attached hydrogens (tertiary/aromatic N) is 2. The zero-order valence-corrected chi connectivity index (χ0v) is 14.0. The second-order valence-electron chi connectivity index (χ2n) is 6.14. The van der Waals surface area contributed by atoms with Gasteiger partial charge < -0.3 is 9.72 Å². The molecule has 1 unspecified atom stereocenters. The van der Waals surface area contributed by atoms with Crippen LogP contribution in [0.1, 0.15) is 37.1 Å².